The highest BCUT2D eigenvalue weighted by Crippen LogP contribution is 2.21. The Morgan fingerprint density at radius 2 is 2.43 bits per heavy atom. The Morgan fingerprint density at radius 3 is 2.86 bits per heavy atom. The number of nitrogens with two attached hydrogens (primary N) is 1. The lowest BCUT2D eigenvalue weighted by molar-refractivity contribution is -0.122. The van der Waals surface area contributed by atoms with Crippen molar-refractivity contribution in [2.45, 2.75) is 32.4 Å². The Labute approximate surface area is 88.3 Å². The normalized spacial score (nSPS) is 14.8. The summed E-state index contributed by atoms with van der Waals surface area (Å²) in [6.45, 7) is 3.74. The molecule has 0 aliphatic carbocycles. The maximum atomic E-state index is 11.4. The van der Waals surface area contributed by atoms with Crippen molar-refractivity contribution >= 4 is 17.2 Å². The summed E-state index contributed by atoms with van der Waals surface area (Å²) in [6, 6.07) is 3.68. The maximum Gasteiger partial charge on any atom is 0.237 e. The molecular weight excluding hydrogens is 196 g/mol. The molecular formula is C10H16N2OS. The third-order valence-electron chi connectivity index (χ3n) is 2.02. The zero-order chi connectivity index (χ0) is 10.6. The van der Waals surface area contributed by atoms with Crippen LogP contribution in [0.25, 0.3) is 0 Å². The summed E-state index contributed by atoms with van der Waals surface area (Å²) >= 11 is 1.65. The minimum absolute atomic E-state index is 0.0924. The van der Waals surface area contributed by atoms with E-state index in [4.69, 9.17) is 5.73 Å². The molecule has 0 aromatic carbocycles. The molecule has 0 bridgehead atoms. The first-order chi connectivity index (χ1) is 6.65. The zero-order valence-electron chi connectivity index (χ0n) is 8.49. The lowest BCUT2D eigenvalue weighted by Gasteiger charge is -2.16. The van der Waals surface area contributed by atoms with E-state index >= 15 is 0 Å². The highest BCUT2D eigenvalue weighted by molar-refractivity contribution is 7.10. The fourth-order valence-electron chi connectivity index (χ4n) is 1.17. The molecule has 0 spiro atoms. The molecule has 0 aliphatic rings. The van der Waals surface area contributed by atoms with Crippen LogP contribution in [0.5, 0.6) is 0 Å². The van der Waals surface area contributed by atoms with Gasteiger partial charge in [-0.2, -0.15) is 0 Å². The Morgan fingerprint density at radius 1 is 1.71 bits per heavy atom. The molecule has 0 saturated heterocycles. The quantitative estimate of drug-likeness (QED) is 0.797. The summed E-state index contributed by atoms with van der Waals surface area (Å²) < 4.78 is 0. The predicted octanol–water partition coefficient (Wildman–Crippen LogP) is 1.66. The van der Waals surface area contributed by atoms with Gasteiger partial charge in [0.15, 0.2) is 0 Å². The van der Waals surface area contributed by atoms with Crippen LogP contribution in [0.3, 0.4) is 0 Å². The number of hydrogen-bond donors (Lipinski definition) is 2. The molecule has 1 aromatic rings. The molecule has 3 nitrogen and oxygen atoms in total. The lowest BCUT2D eigenvalue weighted by Crippen LogP contribution is -2.39. The largest absolute Gasteiger partial charge is 0.347 e. The van der Waals surface area contributed by atoms with Gasteiger partial charge in [-0.3, -0.25) is 4.79 Å². The van der Waals surface area contributed by atoms with Crippen molar-refractivity contribution in [3.8, 4) is 0 Å². The van der Waals surface area contributed by atoms with E-state index in [0.717, 1.165) is 6.42 Å². The summed E-state index contributed by atoms with van der Waals surface area (Å²) in [5, 5.41) is 4.92. The van der Waals surface area contributed by atoms with Crippen molar-refractivity contribution in [3.05, 3.63) is 22.4 Å². The van der Waals surface area contributed by atoms with Crippen LogP contribution < -0.4 is 11.1 Å². The molecule has 14 heavy (non-hydrogen) atoms. The Hall–Kier alpha value is -0.870. The van der Waals surface area contributed by atoms with Crippen molar-refractivity contribution in [2.24, 2.45) is 5.73 Å². The fraction of sp³-hybridized carbons (Fsp3) is 0.500. The van der Waals surface area contributed by atoms with Crippen LogP contribution in [-0.2, 0) is 4.79 Å². The van der Waals surface area contributed by atoms with Gasteiger partial charge in [0.1, 0.15) is 0 Å². The maximum absolute atomic E-state index is 11.4. The van der Waals surface area contributed by atoms with Crippen LogP contribution in [0.4, 0.5) is 0 Å². The van der Waals surface area contributed by atoms with Crippen LogP contribution >= 0.6 is 11.3 Å². The number of thiophene rings is 1. The van der Waals surface area contributed by atoms with Crippen molar-refractivity contribution in [2.75, 3.05) is 0 Å². The van der Waals surface area contributed by atoms with Crippen molar-refractivity contribution in [1.82, 2.24) is 5.32 Å². The van der Waals surface area contributed by atoms with E-state index in [1.54, 1.807) is 18.3 Å². The van der Waals surface area contributed by atoms with Gasteiger partial charge in [-0.25, -0.2) is 0 Å². The molecule has 0 saturated carbocycles. The third-order valence-corrected chi connectivity index (χ3v) is 3.01. The minimum Gasteiger partial charge on any atom is -0.347 e. The molecule has 1 unspecified atom stereocenters. The smallest absolute Gasteiger partial charge is 0.237 e. The SMILES string of the molecule is CCC(NC(=O)[C@@H](C)N)c1cccs1. The van der Waals surface area contributed by atoms with Crippen LogP contribution in [0.15, 0.2) is 17.5 Å². The number of nitrogens with one attached hydrogen (secondary N) is 1. The van der Waals surface area contributed by atoms with Crippen molar-refractivity contribution in [3.63, 3.8) is 0 Å². The molecule has 1 heterocycles. The van der Waals surface area contributed by atoms with Gasteiger partial charge in [0, 0.05) is 4.88 Å². The molecule has 4 heteroatoms. The van der Waals surface area contributed by atoms with Gasteiger partial charge in [-0.1, -0.05) is 13.0 Å². The number of carbonyl (C=O) groups excluding carboxylic acids is 1. The van der Waals surface area contributed by atoms with Gasteiger partial charge < -0.3 is 11.1 Å². The number of rotatable bonds is 4. The summed E-state index contributed by atoms with van der Waals surface area (Å²) in [5.74, 6) is -0.0924. The van der Waals surface area contributed by atoms with E-state index in [2.05, 4.69) is 5.32 Å². The molecule has 0 aliphatic heterocycles. The summed E-state index contributed by atoms with van der Waals surface area (Å²) in [5.41, 5.74) is 5.48. The van der Waals surface area contributed by atoms with Gasteiger partial charge in [0.05, 0.1) is 12.1 Å². The Kier molecular flexibility index (Phi) is 4.10. The van der Waals surface area contributed by atoms with Crippen LogP contribution in [0.2, 0.25) is 0 Å². The Balaban J connectivity index is 2.61. The van der Waals surface area contributed by atoms with E-state index in [9.17, 15) is 4.79 Å². The van der Waals surface area contributed by atoms with Gasteiger partial charge in [-0.15, -0.1) is 11.3 Å². The third kappa shape index (κ3) is 2.82. The zero-order valence-corrected chi connectivity index (χ0v) is 9.30. The second kappa shape index (κ2) is 5.12. The van der Waals surface area contributed by atoms with Gasteiger partial charge >= 0.3 is 0 Å². The molecule has 2 atom stereocenters. The molecule has 3 N–H and O–H groups in total. The summed E-state index contributed by atoms with van der Waals surface area (Å²) in [7, 11) is 0. The first kappa shape index (κ1) is 11.2. The predicted molar refractivity (Wildman–Crippen MR) is 59.1 cm³/mol. The number of hydrogen-bond acceptors (Lipinski definition) is 3. The van der Waals surface area contributed by atoms with Crippen LogP contribution in [0, 0.1) is 0 Å². The highest BCUT2D eigenvalue weighted by Gasteiger charge is 2.15. The van der Waals surface area contributed by atoms with Gasteiger partial charge in [-0.05, 0) is 24.8 Å². The lowest BCUT2D eigenvalue weighted by atomic mass is 10.2. The molecule has 0 fully saturated rings. The van der Waals surface area contributed by atoms with E-state index in [0.29, 0.717) is 0 Å². The topological polar surface area (TPSA) is 55.1 Å². The second-order valence-electron chi connectivity index (χ2n) is 3.27. The van der Waals surface area contributed by atoms with Crippen molar-refractivity contribution in [1.29, 1.82) is 0 Å². The molecule has 1 rings (SSSR count). The van der Waals surface area contributed by atoms with E-state index in [1.807, 2.05) is 24.4 Å². The minimum atomic E-state index is -0.441. The van der Waals surface area contributed by atoms with Gasteiger partial charge in [0.2, 0.25) is 5.91 Å². The summed E-state index contributed by atoms with van der Waals surface area (Å²) in [4.78, 5) is 12.6. The van der Waals surface area contributed by atoms with E-state index < -0.39 is 6.04 Å². The highest BCUT2D eigenvalue weighted by atomic mass is 32.1. The first-order valence-electron chi connectivity index (χ1n) is 4.74. The number of amides is 1. The van der Waals surface area contributed by atoms with Crippen LogP contribution in [-0.4, -0.2) is 11.9 Å². The van der Waals surface area contributed by atoms with Crippen LogP contribution in [0.1, 0.15) is 31.2 Å². The fourth-order valence-corrected chi connectivity index (χ4v) is 2.03. The average molecular weight is 212 g/mol. The first-order valence-corrected chi connectivity index (χ1v) is 5.62. The van der Waals surface area contributed by atoms with E-state index in [1.165, 1.54) is 4.88 Å². The average Bonchev–Trinajstić information content (AvgIpc) is 2.66. The Bertz CT molecular complexity index is 282. The molecule has 0 radical (unpaired) electrons. The van der Waals surface area contributed by atoms with Gasteiger partial charge in [0.25, 0.3) is 0 Å². The number of carbonyl (C=O) groups is 1. The van der Waals surface area contributed by atoms with E-state index in [-0.39, 0.29) is 11.9 Å². The summed E-state index contributed by atoms with van der Waals surface area (Å²) in [6.07, 6.45) is 0.888. The second-order valence-corrected chi connectivity index (χ2v) is 4.25. The standard InChI is InChI=1S/C10H16N2OS/c1-3-8(9-5-4-6-14-9)12-10(13)7(2)11/h4-8H,3,11H2,1-2H3,(H,12,13)/t7-,8?/m1/s1. The monoisotopic (exact) mass is 212 g/mol. The van der Waals surface area contributed by atoms with Crippen molar-refractivity contribution < 1.29 is 4.79 Å². The molecule has 1 aromatic heterocycles. The molecule has 1 amide bonds. The molecule has 78 valence electrons.